The molecule has 10 nitrogen and oxygen atoms in total. The molecule has 1 heterocycles. The molecule has 6 unspecified atom stereocenters. The maximum atomic E-state index is 12.6. The quantitative estimate of drug-likeness (QED) is 0.258. The Labute approximate surface area is 191 Å². The minimum absolute atomic E-state index is 0.0497. The first kappa shape index (κ1) is 26.3. The van der Waals surface area contributed by atoms with Crippen molar-refractivity contribution in [2.75, 3.05) is 13.7 Å². The van der Waals surface area contributed by atoms with E-state index in [1.165, 1.54) is 6.08 Å². The molecule has 0 radical (unpaired) electrons. The molecule has 1 fully saturated rings. The van der Waals surface area contributed by atoms with Crippen molar-refractivity contribution in [3.63, 3.8) is 0 Å². The van der Waals surface area contributed by atoms with Gasteiger partial charge in [-0.25, -0.2) is 9.59 Å². The average Bonchev–Trinajstić information content (AvgIpc) is 3.07. The maximum Gasteiger partial charge on any atom is 0.334 e. The van der Waals surface area contributed by atoms with Crippen molar-refractivity contribution in [3.8, 4) is 0 Å². The number of esters is 4. The van der Waals surface area contributed by atoms with Crippen molar-refractivity contribution in [2.45, 2.75) is 58.0 Å². The highest BCUT2D eigenvalue weighted by atomic mass is 16.6. The van der Waals surface area contributed by atoms with Gasteiger partial charge in [0.05, 0.1) is 31.7 Å². The molecule has 0 aromatic rings. The molecule has 10 heteroatoms. The molecule has 2 N–H and O–H groups in total. The summed E-state index contributed by atoms with van der Waals surface area (Å²) in [6.45, 7) is 7.61. The topological polar surface area (TPSA) is 146 Å². The Balaban J connectivity index is 2.68. The van der Waals surface area contributed by atoms with Crippen LogP contribution in [0.1, 0.15) is 33.6 Å². The van der Waals surface area contributed by atoms with E-state index in [2.05, 4.69) is 6.58 Å². The number of hydrogen-bond acceptors (Lipinski definition) is 10. The van der Waals surface area contributed by atoms with E-state index in [4.69, 9.17) is 18.9 Å². The Morgan fingerprint density at radius 1 is 1.27 bits per heavy atom. The molecule has 0 amide bonds. The van der Waals surface area contributed by atoms with E-state index in [0.717, 1.165) is 14.0 Å². The van der Waals surface area contributed by atoms with E-state index in [0.29, 0.717) is 11.1 Å². The first-order chi connectivity index (χ1) is 15.5. The van der Waals surface area contributed by atoms with Gasteiger partial charge in [-0.2, -0.15) is 0 Å². The first-order valence-corrected chi connectivity index (χ1v) is 10.5. The Morgan fingerprint density at radius 2 is 1.94 bits per heavy atom. The van der Waals surface area contributed by atoms with Crippen molar-refractivity contribution in [3.05, 3.63) is 35.5 Å². The SMILES string of the molecule is C=C1C(=O)OC2C(OC(C)=O)C(C(=O)OC)CC(O)CC(CO)=CC(OC(=O)C(C)=CC)C12. The van der Waals surface area contributed by atoms with Crippen LogP contribution in [0.3, 0.4) is 0 Å². The fourth-order valence-corrected chi connectivity index (χ4v) is 3.99. The van der Waals surface area contributed by atoms with E-state index in [1.807, 2.05) is 0 Å². The monoisotopic (exact) mass is 466 g/mol. The Morgan fingerprint density at radius 3 is 2.48 bits per heavy atom. The number of allylic oxidation sites excluding steroid dienone is 1. The largest absolute Gasteiger partial charge is 0.469 e. The Kier molecular flexibility index (Phi) is 8.95. The van der Waals surface area contributed by atoms with Crippen LogP contribution in [0.25, 0.3) is 0 Å². The molecule has 6 atom stereocenters. The zero-order valence-corrected chi connectivity index (χ0v) is 19.1. The van der Waals surface area contributed by atoms with E-state index >= 15 is 0 Å². The van der Waals surface area contributed by atoms with Gasteiger partial charge in [-0.1, -0.05) is 12.7 Å². The van der Waals surface area contributed by atoms with Crippen molar-refractivity contribution in [2.24, 2.45) is 11.8 Å². The van der Waals surface area contributed by atoms with Crippen LogP contribution in [0.4, 0.5) is 0 Å². The van der Waals surface area contributed by atoms with Crippen LogP contribution in [0.15, 0.2) is 35.5 Å². The fourth-order valence-electron chi connectivity index (χ4n) is 3.99. The van der Waals surface area contributed by atoms with Crippen LogP contribution < -0.4 is 0 Å². The highest BCUT2D eigenvalue weighted by Gasteiger charge is 2.53. The minimum Gasteiger partial charge on any atom is -0.469 e. The molecule has 1 saturated heterocycles. The highest BCUT2D eigenvalue weighted by molar-refractivity contribution is 5.92. The molecule has 2 rings (SSSR count). The summed E-state index contributed by atoms with van der Waals surface area (Å²) in [5.41, 5.74) is 0.563. The van der Waals surface area contributed by atoms with Gasteiger partial charge in [0.2, 0.25) is 0 Å². The Bertz CT molecular complexity index is 870. The number of fused-ring (bicyclic) bond motifs is 1. The molecule has 182 valence electrons. The number of aliphatic hydroxyl groups is 2. The molecule has 0 spiro atoms. The third kappa shape index (κ3) is 6.08. The molecule has 0 aromatic heterocycles. The van der Waals surface area contributed by atoms with Crippen LogP contribution in [-0.2, 0) is 38.1 Å². The lowest BCUT2D eigenvalue weighted by molar-refractivity contribution is -0.178. The lowest BCUT2D eigenvalue weighted by atomic mass is 9.79. The second-order valence-electron chi connectivity index (χ2n) is 8.04. The van der Waals surface area contributed by atoms with Crippen LogP contribution in [0.2, 0.25) is 0 Å². The van der Waals surface area contributed by atoms with E-state index in [1.54, 1.807) is 19.9 Å². The summed E-state index contributed by atoms with van der Waals surface area (Å²) < 4.78 is 21.3. The highest BCUT2D eigenvalue weighted by Crippen LogP contribution is 2.39. The van der Waals surface area contributed by atoms with Crippen LogP contribution in [0.5, 0.6) is 0 Å². The predicted octanol–water partition coefficient (Wildman–Crippen LogP) is 0.756. The zero-order valence-electron chi connectivity index (χ0n) is 19.1. The van der Waals surface area contributed by atoms with Gasteiger partial charge in [0.25, 0.3) is 0 Å². The summed E-state index contributed by atoms with van der Waals surface area (Å²) in [6, 6.07) is 0. The van der Waals surface area contributed by atoms with E-state index in [9.17, 15) is 29.4 Å². The van der Waals surface area contributed by atoms with Crippen molar-refractivity contribution in [1.82, 2.24) is 0 Å². The number of ether oxygens (including phenoxy) is 4. The Hall–Kier alpha value is -2.98. The number of rotatable bonds is 5. The molecule has 0 aromatic carbocycles. The molecule has 33 heavy (non-hydrogen) atoms. The number of carbonyl (C=O) groups is 4. The van der Waals surface area contributed by atoms with E-state index in [-0.39, 0.29) is 18.4 Å². The molecule has 0 bridgehead atoms. The van der Waals surface area contributed by atoms with Gasteiger partial charge in [0, 0.05) is 18.1 Å². The fraction of sp³-hybridized carbons (Fsp3) is 0.565. The second kappa shape index (κ2) is 11.2. The van der Waals surface area contributed by atoms with Gasteiger partial charge < -0.3 is 29.2 Å². The third-order valence-electron chi connectivity index (χ3n) is 5.77. The van der Waals surface area contributed by atoms with Crippen LogP contribution in [-0.4, -0.2) is 72.2 Å². The van der Waals surface area contributed by atoms with Crippen molar-refractivity contribution < 1.29 is 48.3 Å². The molecule has 0 saturated carbocycles. The summed E-state index contributed by atoms with van der Waals surface area (Å²) in [4.78, 5) is 49.6. The van der Waals surface area contributed by atoms with Gasteiger partial charge in [-0.15, -0.1) is 0 Å². The summed E-state index contributed by atoms with van der Waals surface area (Å²) in [5.74, 6) is -5.27. The third-order valence-corrected chi connectivity index (χ3v) is 5.77. The summed E-state index contributed by atoms with van der Waals surface area (Å²) in [5, 5.41) is 20.4. The number of hydrogen-bond donors (Lipinski definition) is 2. The van der Waals surface area contributed by atoms with Gasteiger partial charge in [0.15, 0.2) is 12.2 Å². The van der Waals surface area contributed by atoms with E-state index < -0.39 is 66.7 Å². The molecular formula is C23H30O10. The summed E-state index contributed by atoms with van der Waals surface area (Å²) >= 11 is 0. The average molecular weight is 466 g/mol. The smallest absolute Gasteiger partial charge is 0.334 e. The van der Waals surface area contributed by atoms with Crippen LogP contribution >= 0.6 is 0 Å². The summed E-state index contributed by atoms with van der Waals surface area (Å²) in [6.07, 6.45) is -2.20. The lowest BCUT2D eigenvalue weighted by Gasteiger charge is -2.35. The minimum atomic E-state index is -1.34. The van der Waals surface area contributed by atoms with Crippen molar-refractivity contribution >= 4 is 23.9 Å². The van der Waals surface area contributed by atoms with Crippen molar-refractivity contribution in [1.29, 1.82) is 0 Å². The number of aliphatic hydroxyl groups excluding tert-OH is 2. The first-order valence-electron chi connectivity index (χ1n) is 10.5. The molecular weight excluding hydrogens is 436 g/mol. The summed E-state index contributed by atoms with van der Waals surface area (Å²) in [7, 11) is 1.14. The van der Waals surface area contributed by atoms with Gasteiger partial charge in [-0.05, 0) is 38.3 Å². The maximum absolute atomic E-state index is 12.6. The number of carbonyl (C=O) groups excluding carboxylic acids is 4. The van der Waals surface area contributed by atoms with Crippen LogP contribution in [0, 0.1) is 11.8 Å². The predicted molar refractivity (Wildman–Crippen MR) is 113 cm³/mol. The van der Waals surface area contributed by atoms with Gasteiger partial charge in [-0.3, -0.25) is 9.59 Å². The van der Waals surface area contributed by atoms with Gasteiger partial charge >= 0.3 is 23.9 Å². The number of methoxy groups -OCH3 is 1. The molecule has 1 aliphatic carbocycles. The second-order valence-corrected chi connectivity index (χ2v) is 8.04. The standard InChI is InChI=1S/C23H30O10/c1-6-11(2)21(27)32-17-8-14(10-24)7-15(26)9-16(23(29)30-5)19(31-13(4)25)20-18(17)12(3)22(28)33-20/h6,8,15-20,24,26H,3,7,9-10H2,1-2,4-5H3. The zero-order chi connectivity index (χ0) is 24.9. The molecule has 1 aliphatic heterocycles. The van der Waals surface area contributed by atoms with Gasteiger partial charge in [0.1, 0.15) is 6.10 Å². The normalized spacial score (nSPS) is 30.5. The lowest BCUT2D eigenvalue weighted by Crippen LogP contribution is -2.48. The molecule has 2 aliphatic rings.